The molecule has 1 heterocycles. The summed E-state index contributed by atoms with van der Waals surface area (Å²) in [5, 5.41) is 0.976. The first-order valence-corrected chi connectivity index (χ1v) is 10.2. The van der Waals surface area contributed by atoms with Gasteiger partial charge in [-0.1, -0.05) is 35.9 Å². The predicted octanol–water partition coefficient (Wildman–Crippen LogP) is 2.80. The van der Waals surface area contributed by atoms with Crippen molar-refractivity contribution in [2.45, 2.75) is 30.8 Å². The van der Waals surface area contributed by atoms with Crippen LogP contribution >= 0.6 is 0 Å². The number of carbonyl (C=O) groups excluding carboxylic acids is 1. The minimum absolute atomic E-state index is 0.220. The second-order valence-corrected chi connectivity index (χ2v) is 8.61. The standard InChI is InChI=1S/C20H20FN3O3S/c1-14-6-8-16(9-7-14)13-23-19(25)15(2)28(26,27)20-22-10-11-24(20)18-5-3-4-17(21)12-18/h3-12,15H,13H2,1-2H3,(H,23,25). The van der Waals surface area contributed by atoms with Gasteiger partial charge in [-0.25, -0.2) is 17.8 Å². The molecule has 3 rings (SSSR count). The van der Waals surface area contributed by atoms with E-state index in [0.29, 0.717) is 5.69 Å². The molecule has 1 amide bonds. The van der Waals surface area contributed by atoms with E-state index in [9.17, 15) is 17.6 Å². The number of imidazole rings is 1. The van der Waals surface area contributed by atoms with Crippen LogP contribution in [0.1, 0.15) is 18.1 Å². The Morgan fingerprint density at radius 2 is 1.93 bits per heavy atom. The zero-order valence-corrected chi connectivity index (χ0v) is 16.3. The van der Waals surface area contributed by atoms with Crippen LogP contribution in [0.25, 0.3) is 5.69 Å². The lowest BCUT2D eigenvalue weighted by Crippen LogP contribution is -2.38. The number of amides is 1. The number of nitrogens with zero attached hydrogens (tertiary/aromatic N) is 2. The minimum atomic E-state index is -4.08. The number of aryl methyl sites for hydroxylation is 1. The molecule has 0 radical (unpaired) electrons. The summed E-state index contributed by atoms with van der Waals surface area (Å²) in [5.74, 6) is -1.13. The summed E-state index contributed by atoms with van der Waals surface area (Å²) < 4.78 is 40.6. The number of sulfone groups is 1. The molecule has 0 aliphatic carbocycles. The maximum absolute atomic E-state index is 13.5. The maximum Gasteiger partial charge on any atom is 0.238 e. The predicted molar refractivity (Wildman–Crippen MR) is 103 cm³/mol. The number of aromatic nitrogens is 2. The van der Waals surface area contributed by atoms with Gasteiger partial charge < -0.3 is 5.32 Å². The van der Waals surface area contributed by atoms with Gasteiger partial charge in [0.25, 0.3) is 0 Å². The molecule has 0 aliphatic heterocycles. The van der Waals surface area contributed by atoms with Crippen molar-refractivity contribution in [2.75, 3.05) is 0 Å². The average Bonchev–Trinajstić information content (AvgIpc) is 3.17. The Morgan fingerprint density at radius 1 is 1.21 bits per heavy atom. The molecular weight excluding hydrogens is 381 g/mol. The molecule has 3 aromatic rings. The van der Waals surface area contributed by atoms with Gasteiger partial charge in [0.1, 0.15) is 11.1 Å². The molecule has 1 unspecified atom stereocenters. The second kappa shape index (κ2) is 7.93. The lowest BCUT2D eigenvalue weighted by Gasteiger charge is -2.14. The molecule has 8 heteroatoms. The summed E-state index contributed by atoms with van der Waals surface area (Å²) in [6.45, 7) is 3.49. The molecule has 0 saturated carbocycles. The third-order valence-electron chi connectivity index (χ3n) is 4.37. The van der Waals surface area contributed by atoms with Crippen LogP contribution in [0, 0.1) is 12.7 Å². The highest BCUT2D eigenvalue weighted by atomic mass is 32.2. The topological polar surface area (TPSA) is 81.1 Å². The zero-order chi connectivity index (χ0) is 20.3. The van der Waals surface area contributed by atoms with E-state index in [1.807, 2.05) is 31.2 Å². The lowest BCUT2D eigenvalue weighted by molar-refractivity contribution is -0.120. The summed E-state index contributed by atoms with van der Waals surface area (Å²) in [6.07, 6.45) is 2.72. The van der Waals surface area contributed by atoms with E-state index in [1.54, 1.807) is 6.07 Å². The van der Waals surface area contributed by atoms with E-state index >= 15 is 0 Å². The molecule has 0 aliphatic rings. The van der Waals surface area contributed by atoms with Crippen molar-refractivity contribution in [1.82, 2.24) is 14.9 Å². The lowest BCUT2D eigenvalue weighted by atomic mass is 10.1. The molecule has 0 saturated heterocycles. The monoisotopic (exact) mass is 401 g/mol. The number of nitrogens with one attached hydrogen (secondary N) is 1. The van der Waals surface area contributed by atoms with Crippen LogP contribution in [0.3, 0.4) is 0 Å². The summed E-state index contributed by atoms with van der Waals surface area (Å²) in [6, 6.07) is 13.1. The minimum Gasteiger partial charge on any atom is -0.351 e. The molecule has 0 spiro atoms. The number of rotatable bonds is 6. The fraction of sp³-hybridized carbons (Fsp3) is 0.200. The molecule has 2 aromatic carbocycles. The van der Waals surface area contributed by atoms with Crippen LogP contribution in [0.4, 0.5) is 4.39 Å². The first kappa shape index (κ1) is 19.8. The smallest absolute Gasteiger partial charge is 0.238 e. The van der Waals surface area contributed by atoms with E-state index in [-0.39, 0.29) is 11.7 Å². The van der Waals surface area contributed by atoms with Gasteiger partial charge in [0.15, 0.2) is 0 Å². The van der Waals surface area contributed by atoms with Gasteiger partial charge in [-0.05, 0) is 37.6 Å². The fourth-order valence-corrected chi connectivity index (χ4v) is 3.99. The zero-order valence-electron chi connectivity index (χ0n) is 15.5. The summed E-state index contributed by atoms with van der Waals surface area (Å²) in [5.41, 5.74) is 2.27. The first-order valence-electron chi connectivity index (χ1n) is 8.65. The van der Waals surface area contributed by atoms with E-state index in [2.05, 4.69) is 10.3 Å². The van der Waals surface area contributed by atoms with Gasteiger partial charge in [-0.15, -0.1) is 0 Å². The molecule has 1 aromatic heterocycles. The average molecular weight is 401 g/mol. The van der Waals surface area contributed by atoms with Crippen LogP contribution in [0.5, 0.6) is 0 Å². The number of carbonyl (C=O) groups is 1. The van der Waals surface area contributed by atoms with Crippen molar-refractivity contribution in [2.24, 2.45) is 0 Å². The largest absolute Gasteiger partial charge is 0.351 e. The molecule has 0 bridgehead atoms. The quantitative estimate of drug-likeness (QED) is 0.689. The first-order chi connectivity index (χ1) is 13.3. The number of halogens is 1. The molecule has 6 nitrogen and oxygen atoms in total. The normalized spacial score (nSPS) is 12.5. The number of benzene rings is 2. The summed E-state index contributed by atoms with van der Waals surface area (Å²) in [4.78, 5) is 16.3. The van der Waals surface area contributed by atoms with Crippen LogP contribution in [0.15, 0.2) is 66.1 Å². The van der Waals surface area contributed by atoms with Crippen LogP contribution in [-0.2, 0) is 21.2 Å². The van der Waals surface area contributed by atoms with Gasteiger partial charge in [0.2, 0.25) is 20.9 Å². The van der Waals surface area contributed by atoms with Crippen molar-refractivity contribution in [1.29, 1.82) is 0 Å². The van der Waals surface area contributed by atoms with Crippen molar-refractivity contribution in [3.05, 3.63) is 77.9 Å². The highest BCUT2D eigenvalue weighted by molar-refractivity contribution is 7.92. The third kappa shape index (κ3) is 4.12. The Bertz CT molecular complexity index is 1090. The third-order valence-corrected chi connectivity index (χ3v) is 6.33. The second-order valence-electron chi connectivity index (χ2n) is 6.45. The van der Waals surface area contributed by atoms with Crippen molar-refractivity contribution >= 4 is 15.7 Å². The maximum atomic E-state index is 13.5. The molecule has 1 N–H and O–H groups in total. The Kier molecular flexibility index (Phi) is 5.60. The Labute approximate surface area is 163 Å². The van der Waals surface area contributed by atoms with Crippen LogP contribution in [0.2, 0.25) is 0 Å². The number of hydrogen-bond donors (Lipinski definition) is 1. The SMILES string of the molecule is Cc1ccc(CNC(=O)C(C)S(=O)(=O)c2nccn2-c2cccc(F)c2)cc1. The van der Waals surface area contributed by atoms with Crippen LogP contribution in [-0.4, -0.2) is 29.1 Å². The van der Waals surface area contributed by atoms with Gasteiger partial charge in [0.05, 0.1) is 5.69 Å². The van der Waals surface area contributed by atoms with Gasteiger partial charge in [0, 0.05) is 18.9 Å². The van der Waals surface area contributed by atoms with E-state index in [0.717, 1.165) is 11.1 Å². The Morgan fingerprint density at radius 3 is 2.61 bits per heavy atom. The summed E-state index contributed by atoms with van der Waals surface area (Å²) >= 11 is 0. The number of hydrogen-bond acceptors (Lipinski definition) is 4. The molecule has 0 fully saturated rings. The van der Waals surface area contributed by atoms with E-state index in [4.69, 9.17) is 0 Å². The molecule has 1 atom stereocenters. The van der Waals surface area contributed by atoms with E-state index < -0.39 is 26.8 Å². The highest BCUT2D eigenvalue weighted by Gasteiger charge is 2.33. The fourth-order valence-electron chi connectivity index (χ4n) is 2.66. The van der Waals surface area contributed by atoms with Gasteiger partial charge >= 0.3 is 0 Å². The van der Waals surface area contributed by atoms with Crippen molar-refractivity contribution < 1.29 is 17.6 Å². The Balaban J connectivity index is 1.80. The molecular formula is C20H20FN3O3S. The highest BCUT2D eigenvalue weighted by Crippen LogP contribution is 2.20. The van der Waals surface area contributed by atoms with Gasteiger partial charge in [-0.3, -0.25) is 9.36 Å². The Hall–Kier alpha value is -3.00. The summed E-state index contributed by atoms with van der Waals surface area (Å²) in [7, 11) is -4.08. The van der Waals surface area contributed by atoms with Crippen molar-refractivity contribution in [3.63, 3.8) is 0 Å². The van der Waals surface area contributed by atoms with Crippen molar-refractivity contribution in [3.8, 4) is 5.69 Å². The van der Waals surface area contributed by atoms with Crippen LogP contribution < -0.4 is 5.32 Å². The van der Waals surface area contributed by atoms with E-state index in [1.165, 1.54) is 42.1 Å². The molecule has 28 heavy (non-hydrogen) atoms. The van der Waals surface area contributed by atoms with Gasteiger partial charge in [-0.2, -0.15) is 0 Å². The molecule has 146 valence electrons.